The molecule has 16 heavy (non-hydrogen) atoms. The number of carbonyl (C=O) groups excluding carboxylic acids is 1. The Morgan fingerprint density at radius 2 is 1.94 bits per heavy atom. The molecule has 1 aromatic rings. The summed E-state index contributed by atoms with van der Waals surface area (Å²) in [4.78, 5) is 12.0. The molecule has 0 aliphatic heterocycles. The molecule has 0 atom stereocenters. The SMILES string of the molecule is COc1cc(C)c(C(=O)CSC)c(C)c1C. The molecule has 0 aliphatic carbocycles. The lowest BCUT2D eigenvalue weighted by Gasteiger charge is -2.14. The van der Waals surface area contributed by atoms with Crippen LogP contribution in [0.3, 0.4) is 0 Å². The molecule has 0 fully saturated rings. The molecule has 0 aliphatic rings. The second-order valence-electron chi connectivity index (χ2n) is 3.88. The smallest absolute Gasteiger partial charge is 0.173 e. The molecule has 1 aromatic carbocycles. The van der Waals surface area contributed by atoms with Gasteiger partial charge in [0.2, 0.25) is 0 Å². The maximum atomic E-state index is 12.0. The fourth-order valence-electron chi connectivity index (χ4n) is 1.89. The van der Waals surface area contributed by atoms with Crippen molar-refractivity contribution in [2.45, 2.75) is 20.8 Å². The number of hydrogen-bond acceptors (Lipinski definition) is 3. The Bertz CT molecular complexity index is 411. The van der Waals surface area contributed by atoms with E-state index in [9.17, 15) is 4.79 Å². The zero-order valence-electron chi connectivity index (χ0n) is 10.5. The minimum atomic E-state index is 0.202. The molecule has 0 radical (unpaired) electrons. The molecule has 1 rings (SSSR count). The van der Waals surface area contributed by atoms with Gasteiger partial charge in [0.05, 0.1) is 12.9 Å². The highest BCUT2D eigenvalue weighted by atomic mass is 32.2. The largest absolute Gasteiger partial charge is 0.496 e. The van der Waals surface area contributed by atoms with Crippen molar-refractivity contribution in [1.82, 2.24) is 0 Å². The van der Waals surface area contributed by atoms with Crippen molar-refractivity contribution in [3.05, 3.63) is 28.3 Å². The van der Waals surface area contributed by atoms with Gasteiger partial charge in [0.25, 0.3) is 0 Å². The molecular weight excluding hydrogens is 220 g/mol. The number of ketones is 1. The molecule has 0 bridgehead atoms. The summed E-state index contributed by atoms with van der Waals surface area (Å²) in [5.41, 5.74) is 3.94. The molecular formula is C13H18O2S. The number of ether oxygens (including phenoxy) is 1. The first-order valence-corrected chi connectivity index (χ1v) is 6.59. The standard InChI is InChI=1S/C13H18O2S/c1-8-6-12(15-4)9(2)10(3)13(8)11(14)7-16-5/h6H,7H2,1-5H3. The molecule has 0 spiro atoms. The summed E-state index contributed by atoms with van der Waals surface area (Å²) < 4.78 is 5.28. The Morgan fingerprint density at radius 3 is 2.44 bits per heavy atom. The Hall–Kier alpha value is -0.960. The lowest BCUT2D eigenvalue weighted by Crippen LogP contribution is -2.09. The van der Waals surface area contributed by atoms with E-state index in [0.717, 1.165) is 28.0 Å². The highest BCUT2D eigenvalue weighted by Gasteiger charge is 2.16. The van der Waals surface area contributed by atoms with Crippen LogP contribution in [0.15, 0.2) is 6.07 Å². The average molecular weight is 238 g/mol. The summed E-state index contributed by atoms with van der Waals surface area (Å²) in [5, 5.41) is 0. The Balaban J connectivity index is 3.30. The third kappa shape index (κ3) is 2.40. The fraction of sp³-hybridized carbons (Fsp3) is 0.462. The fourth-order valence-corrected chi connectivity index (χ4v) is 2.30. The number of carbonyl (C=O) groups is 1. The van der Waals surface area contributed by atoms with Gasteiger partial charge in [0.15, 0.2) is 5.78 Å². The van der Waals surface area contributed by atoms with Crippen molar-refractivity contribution in [1.29, 1.82) is 0 Å². The number of thioether (sulfide) groups is 1. The van der Waals surface area contributed by atoms with Crippen LogP contribution in [-0.4, -0.2) is 24.9 Å². The van der Waals surface area contributed by atoms with Gasteiger partial charge >= 0.3 is 0 Å². The van der Waals surface area contributed by atoms with Crippen LogP contribution in [0.2, 0.25) is 0 Å². The van der Waals surface area contributed by atoms with E-state index in [1.54, 1.807) is 18.9 Å². The van der Waals surface area contributed by atoms with E-state index in [-0.39, 0.29) is 5.78 Å². The van der Waals surface area contributed by atoms with Crippen LogP contribution in [0.25, 0.3) is 0 Å². The van der Waals surface area contributed by atoms with Gasteiger partial charge in [-0.1, -0.05) is 0 Å². The molecule has 0 aromatic heterocycles. The zero-order valence-corrected chi connectivity index (χ0v) is 11.3. The third-order valence-corrected chi connectivity index (χ3v) is 3.37. The van der Waals surface area contributed by atoms with Gasteiger partial charge in [-0.25, -0.2) is 0 Å². The maximum absolute atomic E-state index is 12.0. The number of hydrogen-bond donors (Lipinski definition) is 0. The normalized spacial score (nSPS) is 10.3. The predicted octanol–water partition coefficient (Wildman–Crippen LogP) is 3.17. The van der Waals surface area contributed by atoms with Crippen molar-refractivity contribution in [2.24, 2.45) is 0 Å². The number of Topliss-reactive ketones (excluding diaryl/α,β-unsaturated/α-hetero) is 1. The van der Waals surface area contributed by atoms with E-state index in [4.69, 9.17) is 4.74 Å². The van der Waals surface area contributed by atoms with E-state index in [0.29, 0.717) is 5.75 Å². The van der Waals surface area contributed by atoms with E-state index < -0.39 is 0 Å². The summed E-state index contributed by atoms with van der Waals surface area (Å²) >= 11 is 1.56. The molecule has 0 saturated heterocycles. The summed E-state index contributed by atoms with van der Waals surface area (Å²) in [6, 6.07) is 1.94. The number of methoxy groups -OCH3 is 1. The van der Waals surface area contributed by atoms with E-state index in [1.165, 1.54) is 0 Å². The summed E-state index contributed by atoms with van der Waals surface area (Å²) in [6.07, 6.45) is 1.94. The first-order valence-electron chi connectivity index (χ1n) is 5.19. The van der Waals surface area contributed by atoms with E-state index >= 15 is 0 Å². The van der Waals surface area contributed by atoms with Crippen LogP contribution < -0.4 is 4.74 Å². The van der Waals surface area contributed by atoms with Crippen LogP contribution in [0.4, 0.5) is 0 Å². The second-order valence-corrected chi connectivity index (χ2v) is 4.74. The van der Waals surface area contributed by atoms with E-state index in [2.05, 4.69) is 0 Å². The van der Waals surface area contributed by atoms with Crippen LogP contribution in [0, 0.1) is 20.8 Å². The average Bonchev–Trinajstić information content (AvgIpc) is 2.24. The number of rotatable bonds is 4. The van der Waals surface area contributed by atoms with Crippen LogP contribution in [-0.2, 0) is 0 Å². The predicted molar refractivity (Wildman–Crippen MR) is 69.9 cm³/mol. The summed E-state index contributed by atoms with van der Waals surface area (Å²) in [6.45, 7) is 5.93. The highest BCUT2D eigenvalue weighted by Crippen LogP contribution is 2.28. The van der Waals surface area contributed by atoms with Crippen molar-refractivity contribution in [2.75, 3.05) is 19.1 Å². The molecule has 88 valence electrons. The van der Waals surface area contributed by atoms with Crippen LogP contribution in [0.5, 0.6) is 5.75 Å². The zero-order chi connectivity index (χ0) is 12.3. The van der Waals surface area contributed by atoms with Crippen LogP contribution >= 0.6 is 11.8 Å². The van der Waals surface area contributed by atoms with Gasteiger partial charge in [-0.3, -0.25) is 4.79 Å². The first-order chi connectivity index (χ1) is 7.52. The Labute approximate surface area is 101 Å². The van der Waals surface area contributed by atoms with Gasteiger partial charge in [-0.05, 0) is 49.8 Å². The number of aryl methyl sites for hydroxylation is 1. The molecule has 0 heterocycles. The summed E-state index contributed by atoms with van der Waals surface area (Å²) in [5.74, 6) is 1.59. The topological polar surface area (TPSA) is 26.3 Å². The molecule has 0 amide bonds. The van der Waals surface area contributed by atoms with E-state index in [1.807, 2.05) is 33.1 Å². The Morgan fingerprint density at radius 1 is 1.31 bits per heavy atom. The van der Waals surface area contributed by atoms with Gasteiger partial charge in [0.1, 0.15) is 5.75 Å². The molecule has 2 nitrogen and oxygen atoms in total. The lowest BCUT2D eigenvalue weighted by molar-refractivity contribution is 0.102. The van der Waals surface area contributed by atoms with Crippen molar-refractivity contribution in [3.63, 3.8) is 0 Å². The highest BCUT2D eigenvalue weighted by molar-refractivity contribution is 7.99. The molecule has 3 heteroatoms. The van der Waals surface area contributed by atoms with Crippen molar-refractivity contribution in [3.8, 4) is 5.75 Å². The molecule has 0 unspecified atom stereocenters. The molecule has 0 saturated carbocycles. The van der Waals surface area contributed by atoms with Crippen LogP contribution in [0.1, 0.15) is 27.0 Å². The minimum absolute atomic E-state index is 0.202. The maximum Gasteiger partial charge on any atom is 0.173 e. The second kappa shape index (κ2) is 5.39. The first kappa shape index (κ1) is 13.1. The third-order valence-electron chi connectivity index (χ3n) is 2.82. The Kier molecular flexibility index (Phi) is 4.42. The molecule has 0 N–H and O–H groups in total. The van der Waals surface area contributed by atoms with Crippen molar-refractivity contribution < 1.29 is 9.53 Å². The van der Waals surface area contributed by atoms with Crippen molar-refractivity contribution >= 4 is 17.5 Å². The van der Waals surface area contributed by atoms with Gasteiger partial charge in [0, 0.05) is 5.56 Å². The quantitative estimate of drug-likeness (QED) is 0.754. The van der Waals surface area contributed by atoms with Gasteiger partial charge in [-0.15, -0.1) is 0 Å². The van der Waals surface area contributed by atoms with Gasteiger partial charge < -0.3 is 4.74 Å². The monoisotopic (exact) mass is 238 g/mol. The minimum Gasteiger partial charge on any atom is -0.496 e. The number of benzene rings is 1. The summed E-state index contributed by atoms with van der Waals surface area (Å²) in [7, 11) is 1.66. The van der Waals surface area contributed by atoms with Gasteiger partial charge in [-0.2, -0.15) is 11.8 Å². The lowest BCUT2D eigenvalue weighted by atomic mass is 9.95.